The van der Waals surface area contributed by atoms with Gasteiger partial charge in [0.15, 0.2) is 0 Å². The molecule has 2 unspecified atom stereocenters. The maximum atomic E-state index is 9.44. The molecule has 1 aromatic carbocycles. The Kier molecular flexibility index (Phi) is 5.52. The van der Waals surface area contributed by atoms with E-state index in [1.54, 1.807) is 0 Å². The maximum absolute atomic E-state index is 9.44. The molecule has 1 aromatic rings. The fraction of sp³-hybridized carbons (Fsp3) is 0.625. The first kappa shape index (κ1) is 14.2. The van der Waals surface area contributed by atoms with Crippen molar-refractivity contribution in [1.29, 1.82) is 0 Å². The zero-order chi connectivity index (χ0) is 13.5. The molecule has 0 radical (unpaired) electrons. The molecule has 0 spiro atoms. The molecule has 2 rings (SSSR count). The van der Waals surface area contributed by atoms with E-state index < -0.39 is 0 Å². The van der Waals surface area contributed by atoms with Crippen molar-refractivity contribution in [3.05, 3.63) is 24.3 Å². The number of ether oxygens (including phenoxy) is 1. The zero-order valence-electron chi connectivity index (χ0n) is 11.8. The fourth-order valence-corrected chi connectivity index (χ4v) is 2.93. The summed E-state index contributed by atoms with van der Waals surface area (Å²) in [6, 6.07) is 8.07. The molecular weight excluding hydrogens is 238 g/mol. The van der Waals surface area contributed by atoms with Crippen LogP contribution in [0.1, 0.15) is 32.6 Å². The molecule has 2 N–H and O–H groups in total. The quantitative estimate of drug-likeness (QED) is 0.827. The number of aliphatic hydroxyl groups is 1. The lowest BCUT2D eigenvalue weighted by Crippen LogP contribution is -2.28. The highest BCUT2D eigenvalue weighted by molar-refractivity contribution is 5.56. The largest absolute Gasteiger partial charge is 0.492 e. The Labute approximate surface area is 116 Å². The number of rotatable bonds is 6. The topological polar surface area (TPSA) is 41.5 Å². The number of hydrogen-bond donors (Lipinski definition) is 2. The summed E-state index contributed by atoms with van der Waals surface area (Å²) in [6.07, 6.45) is 4.93. The molecule has 1 aliphatic rings. The van der Waals surface area contributed by atoms with Gasteiger partial charge in [0.05, 0.1) is 12.3 Å². The molecule has 0 aliphatic heterocycles. The fourth-order valence-electron chi connectivity index (χ4n) is 2.93. The predicted molar refractivity (Wildman–Crippen MR) is 78.6 cm³/mol. The first-order valence-electron chi connectivity index (χ1n) is 7.41. The van der Waals surface area contributed by atoms with Gasteiger partial charge in [0.2, 0.25) is 0 Å². The Morgan fingerprint density at radius 3 is 2.68 bits per heavy atom. The van der Waals surface area contributed by atoms with Crippen molar-refractivity contribution in [3.8, 4) is 5.75 Å². The second kappa shape index (κ2) is 7.39. The lowest BCUT2D eigenvalue weighted by Gasteiger charge is -2.30. The minimum Gasteiger partial charge on any atom is -0.492 e. The normalized spacial score (nSPS) is 23.1. The molecular formula is C16H25NO2. The summed E-state index contributed by atoms with van der Waals surface area (Å²) in [5.41, 5.74) is 1.06. The van der Waals surface area contributed by atoms with Gasteiger partial charge in [-0.3, -0.25) is 0 Å². The van der Waals surface area contributed by atoms with Crippen LogP contribution in [-0.4, -0.2) is 24.9 Å². The molecule has 3 heteroatoms. The van der Waals surface area contributed by atoms with E-state index in [0.717, 1.165) is 24.4 Å². The SMILES string of the molecule is CCOc1ccccc1NCC1CCCCC1CO. The van der Waals surface area contributed by atoms with Crippen LogP contribution in [0.4, 0.5) is 5.69 Å². The molecule has 1 fully saturated rings. The van der Waals surface area contributed by atoms with Gasteiger partial charge < -0.3 is 15.2 Å². The van der Waals surface area contributed by atoms with Crippen LogP contribution < -0.4 is 10.1 Å². The number of para-hydroxylation sites is 2. The van der Waals surface area contributed by atoms with Crippen molar-refractivity contribution in [1.82, 2.24) is 0 Å². The summed E-state index contributed by atoms with van der Waals surface area (Å²) in [6.45, 7) is 3.93. The Morgan fingerprint density at radius 2 is 1.95 bits per heavy atom. The summed E-state index contributed by atoms with van der Waals surface area (Å²) in [7, 11) is 0. The first-order chi connectivity index (χ1) is 9.35. The number of aliphatic hydroxyl groups excluding tert-OH is 1. The molecule has 0 saturated heterocycles. The third kappa shape index (κ3) is 3.87. The van der Waals surface area contributed by atoms with Crippen LogP contribution in [0.2, 0.25) is 0 Å². The van der Waals surface area contributed by atoms with E-state index >= 15 is 0 Å². The predicted octanol–water partition coefficient (Wildman–Crippen LogP) is 3.30. The number of nitrogens with one attached hydrogen (secondary N) is 1. The van der Waals surface area contributed by atoms with E-state index in [9.17, 15) is 5.11 Å². The molecule has 0 amide bonds. The molecule has 2 atom stereocenters. The highest BCUT2D eigenvalue weighted by Crippen LogP contribution is 2.31. The highest BCUT2D eigenvalue weighted by atomic mass is 16.5. The van der Waals surface area contributed by atoms with Crippen LogP contribution in [0, 0.1) is 11.8 Å². The smallest absolute Gasteiger partial charge is 0.142 e. The van der Waals surface area contributed by atoms with Crippen molar-refractivity contribution in [2.24, 2.45) is 11.8 Å². The Balaban J connectivity index is 1.93. The van der Waals surface area contributed by atoms with E-state index in [2.05, 4.69) is 11.4 Å². The van der Waals surface area contributed by atoms with Crippen molar-refractivity contribution in [2.75, 3.05) is 25.1 Å². The summed E-state index contributed by atoms with van der Waals surface area (Å²) in [4.78, 5) is 0. The van der Waals surface area contributed by atoms with Crippen LogP contribution in [0.15, 0.2) is 24.3 Å². The summed E-state index contributed by atoms with van der Waals surface area (Å²) in [5, 5.41) is 12.9. The second-order valence-corrected chi connectivity index (χ2v) is 5.30. The molecule has 1 saturated carbocycles. The lowest BCUT2D eigenvalue weighted by atomic mass is 9.79. The molecule has 0 heterocycles. The van der Waals surface area contributed by atoms with Crippen LogP contribution in [0.3, 0.4) is 0 Å². The van der Waals surface area contributed by atoms with Gasteiger partial charge in [-0.2, -0.15) is 0 Å². The van der Waals surface area contributed by atoms with Gasteiger partial charge in [-0.1, -0.05) is 25.0 Å². The molecule has 0 aromatic heterocycles. The van der Waals surface area contributed by atoms with E-state index in [1.807, 2.05) is 25.1 Å². The van der Waals surface area contributed by atoms with E-state index in [0.29, 0.717) is 25.0 Å². The van der Waals surface area contributed by atoms with E-state index in [1.165, 1.54) is 19.3 Å². The average molecular weight is 263 g/mol. The Bertz CT molecular complexity index is 381. The summed E-state index contributed by atoms with van der Waals surface area (Å²) >= 11 is 0. The van der Waals surface area contributed by atoms with Crippen LogP contribution in [0.5, 0.6) is 5.75 Å². The van der Waals surface area contributed by atoms with Crippen molar-refractivity contribution in [2.45, 2.75) is 32.6 Å². The average Bonchev–Trinajstić information content (AvgIpc) is 2.47. The van der Waals surface area contributed by atoms with Crippen molar-refractivity contribution < 1.29 is 9.84 Å². The third-order valence-corrected chi connectivity index (χ3v) is 4.04. The van der Waals surface area contributed by atoms with E-state index in [4.69, 9.17) is 4.74 Å². The van der Waals surface area contributed by atoms with Crippen LogP contribution in [-0.2, 0) is 0 Å². The molecule has 1 aliphatic carbocycles. The zero-order valence-corrected chi connectivity index (χ0v) is 11.8. The van der Waals surface area contributed by atoms with Crippen LogP contribution >= 0.6 is 0 Å². The molecule has 3 nitrogen and oxygen atoms in total. The van der Waals surface area contributed by atoms with E-state index in [-0.39, 0.29) is 0 Å². The minimum atomic E-state index is 0.319. The lowest BCUT2D eigenvalue weighted by molar-refractivity contribution is 0.141. The van der Waals surface area contributed by atoms with Gasteiger partial charge in [-0.25, -0.2) is 0 Å². The Morgan fingerprint density at radius 1 is 1.21 bits per heavy atom. The van der Waals surface area contributed by atoms with Crippen molar-refractivity contribution >= 4 is 5.69 Å². The van der Waals surface area contributed by atoms with Gasteiger partial charge in [0.1, 0.15) is 5.75 Å². The van der Waals surface area contributed by atoms with Crippen LogP contribution in [0.25, 0.3) is 0 Å². The molecule has 0 bridgehead atoms. The number of benzene rings is 1. The number of anilines is 1. The van der Waals surface area contributed by atoms with Gasteiger partial charge in [-0.15, -0.1) is 0 Å². The minimum absolute atomic E-state index is 0.319. The monoisotopic (exact) mass is 263 g/mol. The van der Waals surface area contributed by atoms with Gasteiger partial charge in [-0.05, 0) is 43.7 Å². The van der Waals surface area contributed by atoms with Gasteiger partial charge in [0, 0.05) is 13.2 Å². The number of hydrogen-bond acceptors (Lipinski definition) is 3. The summed E-state index contributed by atoms with van der Waals surface area (Å²) in [5.74, 6) is 1.95. The maximum Gasteiger partial charge on any atom is 0.142 e. The summed E-state index contributed by atoms with van der Waals surface area (Å²) < 4.78 is 5.62. The first-order valence-corrected chi connectivity index (χ1v) is 7.41. The third-order valence-electron chi connectivity index (χ3n) is 4.04. The Hall–Kier alpha value is -1.22. The highest BCUT2D eigenvalue weighted by Gasteiger charge is 2.24. The molecule has 106 valence electrons. The second-order valence-electron chi connectivity index (χ2n) is 5.30. The van der Waals surface area contributed by atoms with Gasteiger partial charge in [0.25, 0.3) is 0 Å². The molecule has 19 heavy (non-hydrogen) atoms. The standard InChI is InChI=1S/C16H25NO2/c1-2-19-16-10-6-5-9-15(16)17-11-13-7-3-4-8-14(13)12-18/h5-6,9-10,13-14,17-18H,2-4,7-8,11-12H2,1H3. The van der Waals surface area contributed by atoms with Gasteiger partial charge >= 0.3 is 0 Å². The van der Waals surface area contributed by atoms with Crippen molar-refractivity contribution in [3.63, 3.8) is 0 Å².